The van der Waals surface area contributed by atoms with E-state index < -0.39 is 10.0 Å². The summed E-state index contributed by atoms with van der Waals surface area (Å²) in [6.07, 6.45) is 4.86. The Labute approximate surface area is 174 Å². The Hall–Kier alpha value is -2.07. The number of fused-ring (bicyclic) bond motifs is 1. The van der Waals surface area contributed by atoms with Crippen LogP contribution in [0.5, 0.6) is 0 Å². The second-order valence-electron chi connectivity index (χ2n) is 7.57. The quantitative estimate of drug-likeness (QED) is 0.631. The van der Waals surface area contributed by atoms with Crippen molar-refractivity contribution in [2.45, 2.75) is 19.5 Å². The topological polar surface area (TPSA) is 75.5 Å². The molecule has 1 aliphatic rings. The molecule has 3 aromatic heterocycles. The van der Waals surface area contributed by atoms with Crippen LogP contribution in [0.4, 0.5) is 0 Å². The zero-order chi connectivity index (χ0) is 20.8. The van der Waals surface area contributed by atoms with Crippen molar-refractivity contribution in [2.75, 3.05) is 25.9 Å². The van der Waals surface area contributed by atoms with Crippen molar-refractivity contribution in [3.8, 4) is 11.3 Å². The van der Waals surface area contributed by atoms with Gasteiger partial charge in [-0.25, -0.2) is 8.42 Å². The highest BCUT2D eigenvalue weighted by atomic mass is 32.2. The summed E-state index contributed by atoms with van der Waals surface area (Å²) in [7, 11) is -1.40. The third-order valence-electron chi connectivity index (χ3n) is 5.40. The van der Waals surface area contributed by atoms with Crippen molar-refractivity contribution in [1.82, 2.24) is 18.8 Å². The predicted octanol–water partition coefficient (Wildman–Crippen LogP) is 2.13. The van der Waals surface area contributed by atoms with Crippen LogP contribution in [0.2, 0.25) is 0 Å². The molecule has 4 heterocycles. The van der Waals surface area contributed by atoms with Crippen molar-refractivity contribution in [1.29, 1.82) is 0 Å². The summed E-state index contributed by atoms with van der Waals surface area (Å²) in [4.78, 5) is 20.5. The number of hydrogen-bond donors (Lipinski definition) is 0. The van der Waals surface area contributed by atoms with Crippen molar-refractivity contribution in [3.05, 3.63) is 51.9 Å². The van der Waals surface area contributed by atoms with Crippen molar-refractivity contribution < 1.29 is 8.42 Å². The van der Waals surface area contributed by atoms with Crippen LogP contribution in [0.15, 0.2) is 41.5 Å². The van der Waals surface area contributed by atoms with Gasteiger partial charge in [0, 0.05) is 62.1 Å². The predicted molar refractivity (Wildman–Crippen MR) is 117 cm³/mol. The normalized spacial score (nSPS) is 19.1. The zero-order valence-electron chi connectivity index (χ0n) is 16.7. The largest absolute Gasteiger partial charge is 0.317 e. The van der Waals surface area contributed by atoms with Crippen LogP contribution in [0.3, 0.4) is 0 Å². The van der Waals surface area contributed by atoms with Gasteiger partial charge in [0.05, 0.1) is 22.0 Å². The van der Waals surface area contributed by atoms with E-state index in [9.17, 15) is 13.2 Å². The molecule has 0 spiro atoms. The van der Waals surface area contributed by atoms with Crippen molar-refractivity contribution in [2.24, 2.45) is 7.05 Å². The molecule has 1 atom stereocenters. The summed E-state index contributed by atoms with van der Waals surface area (Å²) in [5, 5.41) is 0.707. The summed E-state index contributed by atoms with van der Waals surface area (Å²) in [5.74, 6) is 0. The molecule has 9 heteroatoms. The number of nitrogens with zero attached hydrogens (tertiary/aromatic N) is 4. The van der Waals surface area contributed by atoms with Gasteiger partial charge in [-0.15, -0.1) is 11.3 Å². The monoisotopic (exact) mass is 432 g/mol. The van der Waals surface area contributed by atoms with E-state index >= 15 is 0 Å². The van der Waals surface area contributed by atoms with E-state index in [2.05, 4.69) is 9.88 Å². The lowest BCUT2D eigenvalue weighted by atomic mass is 10.1. The fourth-order valence-corrected chi connectivity index (χ4v) is 5.88. The first kappa shape index (κ1) is 20.2. The van der Waals surface area contributed by atoms with Gasteiger partial charge in [0.15, 0.2) is 0 Å². The third kappa shape index (κ3) is 4.00. The van der Waals surface area contributed by atoms with Crippen LogP contribution in [0.25, 0.3) is 21.3 Å². The molecule has 154 valence electrons. The van der Waals surface area contributed by atoms with Gasteiger partial charge in [0.1, 0.15) is 0 Å². The number of sulfonamides is 1. The van der Waals surface area contributed by atoms with E-state index in [1.807, 2.05) is 37.4 Å². The van der Waals surface area contributed by atoms with Crippen LogP contribution >= 0.6 is 11.3 Å². The Bertz CT molecular complexity index is 1200. The van der Waals surface area contributed by atoms with Gasteiger partial charge < -0.3 is 4.57 Å². The van der Waals surface area contributed by atoms with Crippen LogP contribution in [0.1, 0.15) is 11.8 Å². The molecule has 1 fully saturated rings. The molecular formula is C20H24N4O3S2. The maximum absolute atomic E-state index is 12.7. The molecule has 0 radical (unpaired) electrons. The van der Waals surface area contributed by atoms with E-state index in [1.165, 1.54) is 10.6 Å². The first-order chi connectivity index (χ1) is 13.7. The van der Waals surface area contributed by atoms with Crippen LogP contribution in [-0.2, 0) is 23.6 Å². The minimum Gasteiger partial charge on any atom is -0.317 e. The molecule has 29 heavy (non-hydrogen) atoms. The summed E-state index contributed by atoms with van der Waals surface area (Å²) in [6.45, 7) is 4.40. The van der Waals surface area contributed by atoms with Crippen LogP contribution in [-0.4, -0.2) is 59.1 Å². The average Bonchev–Trinajstić information content (AvgIpc) is 3.10. The Morgan fingerprint density at radius 3 is 2.72 bits per heavy atom. The van der Waals surface area contributed by atoms with Crippen molar-refractivity contribution >= 4 is 31.4 Å². The summed E-state index contributed by atoms with van der Waals surface area (Å²) >= 11 is 1.62. The number of piperazine rings is 1. The molecule has 0 bridgehead atoms. The molecule has 0 saturated carbocycles. The number of thiophene rings is 1. The Morgan fingerprint density at radius 1 is 1.28 bits per heavy atom. The van der Waals surface area contributed by atoms with E-state index in [0.717, 1.165) is 20.8 Å². The zero-order valence-corrected chi connectivity index (χ0v) is 18.3. The van der Waals surface area contributed by atoms with Gasteiger partial charge in [0.25, 0.3) is 5.56 Å². The highest BCUT2D eigenvalue weighted by Gasteiger charge is 2.29. The summed E-state index contributed by atoms with van der Waals surface area (Å²) < 4.78 is 27.7. The lowest BCUT2D eigenvalue weighted by Gasteiger charge is -2.38. The smallest absolute Gasteiger partial charge is 0.259 e. The second-order valence-corrected chi connectivity index (χ2v) is 10.7. The van der Waals surface area contributed by atoms with Gasteiger partial charge in [-0.05, 0) is 25.1 Å². The number of aryl methyl sites for hydroxylation is 1. The fraction of sp³-hybridized carbons (Fsp3) is 0.400. The lowest BCUT2D eigenvalue weighted by molar-refractivity contribution is 0.123. The Kier molecular flexibility index (Phi) is 5.32. The third-order valence-corrected chi connectivity index (χ3v) is 7.82. The number of aromatic nitrogens is 2. The van der Waals surface area contributed by atoms with Gasteiger partial charge in [-0.3, -0.25) is 14.7 Å². The SMILES string of the molecule is C[C@@H]1CN(S(C)(=O)=O)CCN1Cc1cc2c(=O)n(C)cc(-c3ccccn3)c2s1. The van der Waals surface area contributed by atoms with Gasteiger partial charge in [0.2, 0.25) is 10.0 Å². The first-order valence-electron chi connectivity index (χ1n) is 9.46. The van der Waals surface area contributed by atoms with Gasteiger partial charge in [-0.2, -0.15) is 4.31 Å². The van der Waals surface area contributed by atoms with Crippen LogP contribution in [0, 0.1) is 0 Å². The summed E-state index contributed by atoms with van der Waals surface area (Å²) in [6, 6.07) is 7.86. The van der Waals surface area contributed by atoms with Crippen LogP contribution < -0.4 is 5.56 Å². The van der Waals surface area contributed by atoms with Crippen molar-refractivity contribution in [3.63, 3.8) is 0 Å². The first-order valence-corrected chi connectivity index (χ1v) is 12.1. The molecule has 0 unspecified atom stereocenters. The minimum absolute atomic E-state index is 0.0166. The molecular weight excluding hydrogens is 408 g/mol. The fourth-order valence-electron chi connectivity index (χ4n) is 3.78. The molecule has 4 rings (SSSR count). The molecule has 1 saturated heterocycles. The van der Waals surface area contributed by atoms with E-state index in [0.29, 0.717) is 31.6 Å². The van der Waals surface area contributed by atoms with Gasteiger partial charge in [-0.1, -0.05) is 6.07 Å². The lowest BCUT2D eigenvalue weighted by Crippen LogP contribution is -2.52. The molecule has 7 nitrogen and oxygen atoms in total. The van der Waals surface area contributed by atoms with Gasteiger partial charge >= 0.3 is 0 Å². The molecule has 0 N–H and O–H groups in total. The Morgan fingerprint density at radius 2 is 2.07 bits per heavy atom. The molecule has 1 aliphatic heterocycles. The minimum atomic E-state index is -3.16. The molecule has 0 amide bonds. The van der Waals surface area contributed by atoms with E-state index in [-0.39, 0.29) is 11.6 Å². The maximum Gasteiger partial charge on any atom is 0.259 e. The van der Waals surface area contributed by atoms with E-state index in [1.54, 1.807) is 29.1 Å². The molecule has 3 aromatic rings. The number of rotatable bonds is 4. The molecule has 0 aliphatic carbocycles. The number of hydrogen-bond acceptors (Lipinski definition) is 6. The standard InChI is InChI=1S/C20H24N4O3S2/c1-14-11-24(29(3,26)27)9-8-23(14)12-15-10-16-19(28-15)17(13-22(2)20(16)25)18-6-4-5-7-21-18/h4-7,10,13-14H,8-9,11-12H2,1-3H3/t14-/m1/s1. The highest BCUT2D eigenvalue weighted by molar-refractivity contribution is 7.88. The highest BCUT2D eigenvalue weighted by Crippen LogP contribution is 2.33. The second kappa shape index (κ2) is 7.64. The number of pyridine rings is 2. The summed E-state index contributed by atoms with van der Waals surface area (Å²) in [5.41, 5.74) is 1.78. The molecule has 0 aromatic carbocycles. The maximum atomic E-state index is 12.7. The van der Waals surface area contributed by atoms with E-state index in [4.69, 9.17) is 0 Å². The average molecular weight is 433 g/mol. The Balaban J connectivity index is 1.66.